The second-order valence-corrected chi connectivity index (χ2v) is 5.49. The Hall–Kier alpha value is -2.35. The number of aromatic nitrogens is 5. The number of para-hydroxylation sites is 2. The predicted molar refractivity (Wildman–Crippen MR) is 82.1 cm³/mol. The molecule has 2 heterocycles. The molecule has 0 saturated carbocycles. The topological polar surface area (TPSA) is 102 Å². The molecule has 7 nitrogen and oxygen atoms in total. The number of rotatable bonds is 5. The largest absolute Gasteiger partial charge is 0.368 e. The number of aryl methyl sites for hydroxylation is 1. The summed E-state index contributed by atoms with van der Waals surface area (Å²) in [6.07, 6.45) is 2.23. The van der Waals surface area contributed by atoms with Crippen molar-refractivity contribution < 1.29 is 0 Å². The first kappa shape index (κ1) is 13.6. The molecule has 3 N–H and O–H groups in total. The number of nitrogens with one attached hydrogen (secondary N) is 1. The quantitative estimate of drug-likeness (QED) is 0.543. The highest BCUT2D eigenvalue weighted by Crippen LogP contribution is 2.15. The van der Waals surface area contributed by atoms with E-state index in [4.69, 9.17) is 5.73 Å². The number of anilines is 1. The summed E-state index contributed by atoms with van der Waals surface area (Å²) in [4.78, 5) is 26.5. The molecule has 0 aliphatic carbocycles. The van der Waals surface area contributed by atoms with Crippen molar-refractivity contribution in [3.63, 3.8) is 0 Å². The van der Waals surface area contributed by atoms with E-state index in [1.165, 1.54) is 18.1 Å². The molecule has 21 heavy (non-hydrogen) atoms. The molecular formula is C13H14N6OS. The van der Waals surface area contributed by atoms with Crippen LogP contribution >= 0.6 is 11.8 Å². The average Bonchev–Trinajstić information content (AvgIpc) is 2.79. The Morgan fingerprint density at radius 2 is 2.14 bits per heavy atom. The molecule has 0 radical (unpaired) electrons. The van der Waals surface area contributed by atoms with E-state index in [0.29, 0.717) is 11.7 Å². The summed E-state index contributed by atoms with van der Waals surface area (Å²) < 4.78 is 1.75. The molecule has 0 amide bonds. The van der Waals surface area contributed by atoms with Crippen molar-refractivity contribution in [1.82, 2.24) is 24.5 Å². The average molecular weight is 302 g/mol. The number of aromatic amines is 1. The highest BCUT2D eigenvalue weighted by Gasteiger charge is 2.05. The molecule has 8 heteroatoms. The van der Waals surface area contributed by atoms with Gasteiger partial charge in [0, 0.05) is 12.3 Å². The number of nitrogens with two attached hydrogens (primary N) is 1. The van der Waals surface area contributed by atoms with Crippen LogP contribution in [0.1, 0.15) is 6.42 Å². The molecule has 0 unspecified atom stereocenters. The molecule has 0 aliphatic rings. The van der Waals surface area contributed by atoms with Crippen LogP contribution in [0.25, 0.3) is 11.0 Å². The normalized spacial score (nSPS) is 11.0. The van der Waals surface area contributed by atoms with Crippen LogP contribution in [0.5, 0.6) is 0 Å². The molecule has 3 aromatic rings. The number of H-pyrrole nitrogens is 1. The van der Waals surface area contributed by atoms with Gasteiger partial charge in [-0.3, -0.25) is 4.57 Å². The van der Waals surface area contributed by atoms with Gasteiger partial charge in [0.25, 0.3) is 0 Å². The number of imidazole rings is 1. The van der Waals surface area contributed by atoms with E-state index in [0.717, 1.165) is 23.2 Å². The van der Waals surface area contributed by atoms with E-state index >= 15 is 0 Å². The minimum atomic E-state index is -0.0781. The Kier molecular flexibility index (Phi) is 3.87. The van der Waals surface area contributed by atoms with Crippen LogP contribution in [0.4, 0.5) is 5.95 Å². The maximum Gasteiger partial charge on any atom is 0.326 e. The lowest BCUT2D eigenvalue weighted by Crippen LogP contribution is -2.17. The van der Waals surface area contributed by atoms with Crippen molar-refractivity contribution in [3.8, 4) is 0 Å². The van der Waals surface area contributed by atoms with E-state index in [1.807, 2.05) is 24.3 Å². The lowest BCUT2D eigenvalue weighted by atomic mass is 10.3. The third-order valence-electron chi connectivity index (χ3n) is 3.01. The number of thioether (sulfide) groups is 1. The van der Waals surface area contributed by atoms with Crippen LogP contribution in [0.2, 0.25) is 0 Å². The molecular weight excluding hydrogens is 288 g/mol. The first-order valence-electron chi connectivity index (χ1n) is 6.49. The van der Waals surface area contributed by atoms with Gasteiger partial charge in [-0.1, -0.05) is 23.9 Å². The highest BCUT2D eigenvalue weighted by atomic mass is 32.2. The zero-order chi connectivity index (χ0) is 14.7. The van der Waals surface area contributed by atoms with Crippen LogP contribution in [0, 0.1) is 0 Å². The molecule has 0 bridgehead atoms. The standard InChI is InChI=1S/C13H14N6OS/c14-11-15-8-16-12(18-11)21-7-3-6-19-10-5-2-1-4-9(10)17-13(19)20/h1-2,4-5,8H,3,6-7H2,(H,17,20)(H2,14,15,16,18). The number of benzene rings is 1. The molecule has 0 atom stereocenters. The Balaban J connectivity index is 1.62. The maximum absolute atomic E-state index is 11.9. The summed E-state index contributed by atoms with van der Waals surface area (Å²) in [5.41, 5.74) is 7.21. The summed E-state index contributed by atoms with van der Waals surface area (Å²) in [5, 5.41) is 0.605. The number of nitrogen functional groups attached to an aromatic ring is 1. The number of nitrogens with zero attached hydrogens (tertiary/aromatic N) is 4. The molecule has 0 saturated heterocycles. The van der Waals surface area contributed by atoms with Gasteiger partial charge in [0.15, 0.2) is 5.16 Å². The van der Waals surface area contributed by atoms with Crippen molar-refractivity contribution in [2.45, 2.75) is 18.1 Å². The van der Waals surface area contributed by atoms with E-state index in [1.54, 1.807) is 4.57 Å². The summed E-state index contributed by atoms with van der Waals surface area (Å²) in [6.45, 7) is 0.649. The van der Waals surface area contributed by atoms with Crippen LogP contribution in [-0.4, -0.2) is 30.3 Å². The van der Waals surface area contributed by atoms with Crippen LogP contribution in [-0.2, 0) is 6.54 Å². The van der Waals surface area contributed by atoms with E-state index < -0.39 is 0 Å². The fourth-order valence-corrected chi connectivity index (χ4v) is 2.81. The van der Waals surface area contributed by atoms with Gasteiger partial charge in [0.1, 0.15) is 6.33 Å². The van der Waals surface area contributed by atoms with Crippen molar-refractivity contribution >= 4 is 28.7 Å². The molecule has 0 spiro atoms. The van der Waals surface area contributed by atoms with Crippen molar-refractivity contribution in [2.24, 2.45) is 0 Å². The van der Waals surface area contributed by atoms with Gasteiger partial charge < -0.3 is 10.7 Å². The monoisotopic (exact) mass is 302 g/mol. The number of hydrogen-bond acceptors (Lipinski definition) is 6. The molecule has 3 rings (SSSR count). The van der Waals surface area contributed by atoms with Gasteiger partial charge in [-0.2, -0.15) is 4.98 Å². The number of hydrogen-bond donors (Lipinski definition) is 2. The molecule has 108 valence electrons. The van der Waals surface area contributed by atoms with Gasteiger partial charge in [-0.25, -0.2) is 14.8 Å². The zero-order valence-electron chi connectivity index (χ0n) is 11.2. The highest BCUT2D eigenvalue weighted by molar-refractivity contribution is 7.99. The predicted octanol–water partition coefficient (Wildman–Crippen LogP) is 1.28. The zero-order valence-corrected chi connectivity index (χ0v) is 12.0. The Bertz CT molecular complexity index is 812. The number of fused-ring (bicyclic) bond motifs is 1. The van der Waals surface area contributed by atoms with Crippen LogP contribution in [0.15, 0.2) is 40.5 Å². The second kappa shape index (κ2) is 5.96. The maximum atomic E-state index is 11.9. The van der Waals surface area contributed by atoms with Gasteiger partial charge >= 0.3 is 5.69 Å². The Labute approximate surface area is 124 Å². The SMILES string of the molecule is Nc1ncnc(SCCCn2c(=O)[nH]c3ccccc32)n1. The Morgan fingerprint density at radius 3 is 3.00 bits per heavy atom. The second-order valence-electron chi connectivity index (χ2n) is 4.43. The van der Waals surface area contributed by atoms with Gasteiger partial charge in [0.2, 0.25) is 5.95 Å². The first-order chi connectivity index (χ1) is 10.2. The van der Waals surface area contributed by atoms with Crippen molar-refractivity contribution in [1.29, 1.82) is 0 Å². The minimum absolute atomic E-state index is 0.0781. The Morgan fingerprint density at radius 1 is 1.29 bits per heavy atom. The van der Waals surface area contributed by atoms with Crippen molar-refractivity contribution in [2.75, 3.05) is 11.5 Å². The lowest BCUT2D eigenvalue weighted by Gasteiger charge is -2.03. The third kappa shape index (κ3) is 3.05. The van der Waals surface area contributed by atoms with Gasteiger partial charge in [0.05, 0.1) is 11.0 Å². The molecule has 2 aromatic heterocycles. The summed E-state index contributed by atoms with van der Waals surface area (Å²) in [5.74, 6) is 1.02. The first-order valence-corrected chi connectivity index (χ1v) is 7.47. The third-order valence-corrected chi connectivity index (χ3v) is 3.95. The fraction of sp³-hybridized carbons (Fsp3) is 0.231. The van der Waals surface area contributed by atoms with E-state index in [-0.39, 0.29) is 11.6 Å². The smallest absolute Gasteiger partial charge is 0.326 e. The minimum Gasteiger partial charge on any atom is -0.368 e. The summed E-state index contributed by atoms with van der Waals surface area (Å²) >= 11 is 1.50. The van der Waals surface area contributed by atoms with E-state index in [2.05, 4.69) is 19.9 Å². The van der Waals surface area contributed by atoms with Gasteiger partial charge in [-0.15, -0.1) is 0 Å². The molecule has 1 aromatic carbocycles. The van der Waals surface area contributed by atoms with Crippen LogP contribution in [0.3, 0.4) is 0 Å². The molecule has 0 aliphatic heterocycles. The van der Waals surface area contributed by atoms with Crippen molar-refractivity contribution in [3.05, 3.63) is 41.1 Å². The van der Waals surface area contributed by atoms with Gasteiger partial charge in [-0.05, 0) is 18.6 Å². The molecule has 0 fully saturated rings. The summed E-state index contributed by atoms with van der Waals surface area (Å²) in [7, 11) is 0. The lowest BCUT2D eigenvalue weighted by molar-refractivity contribution is 0.679. The fourth-order valence-electron chi connectivity index (χ4n) is 2.08. The van der Waals surface area contributed by atoms with Crippen LogP contribution < -0.4 is 11.4 Å². The summed E-state index contributed by atoms with van der Waals surface area (Å²) in [6, 6.07) is 7.67. The van der Waals surface area contributed by atoms with E-state index in [9.17, 15) is 4.79 Å².